The monoisotopic (exact) mass is 667 g/mol. The molecule has 2 aromatic carbocycles. The first-order valence-corrected chi connectivity index (χ1v) is 16.0. The van der Waals surface area contributed by atoms with Crippen molar-refractivity contribution in [3.8, 4) is 23.6 Å². The number of nitriles is 2. The summed E-state index contributed by atoms with van der Waals surface area (Å²) in [6, 6.07) is 13.8. The summed E-state index contributed by atoms with van der Waals surface area (Å²) in [6.45, 7) is 8.82. The van der Waals surface area contributed by atoms with Crippen molar-refractivity contribution in [1.29, 1.82) is 10.5 Å². The third kappa shape index (κ3) is 6.39. The quantitative estimate of drug-likeness (QED) is 0.222. The number of aromatic nitrogens is 4. The van der Waals surface area contributed by atoms with Gasteiger partial charge >= 0.3 is 6.09 Å². The number of nitrogens with zero attached hydrogens (tertiary/aromatic N) is 9. The highest BCUT2D eigenvalue weighted by atomic mass is 19.1. The minimum atomic E-state index is -1.59. The van der Waals surface area contributed by atoms with E-state index < -0.39 is 23.5 Å². The fourth-order valence-corrected chi connectivity index (χ4v) is 6.65. The number of carboxylic acid groups (broad SMARTS) is 1. The van der Waals surface area contributed by atoms with Crippen LogP contribution in [0.25, 0.3) is 5.65 Å². The van der Waals surface area contributed by atoms with Crippen molar-refractivity contribution < 1.29 is 23.8 Å². The summed E-state index contributed by atoms with van der Waals surface area (Å²) in [5.74, 6) is -0.360. The van der Waals surface area contributed by atoms with Gasteiger partial charge in [-0.1, -0.05) is 12.1 Å². The van der Waals surface area contributed by atoms with E-state index in [-0.39, 0.29) is 51.7 Å². The number of amides is 1. The molecule has 4 aromatic rings. The number of imidazole rings is 1. The van der Waals surface area contributed by atoms with Crippen molar-refractivity contribution in [2.24, 2.45) is 0 Å². The minimum absolute atomic E-state index is 0.0214. The van der Waals surface area contributed by atoms with Gasteiger partial charge in [0.25, 0.3) is 5.95 Å². The van der Waals surface area contributed by atoms with Crippen molar-refractivity contribution in [2.45, 2.75) is 83.1 Å². The van der Waals surface area contributed by atoms with Crippen LogP contribution in [0.1, 0.15) is 70.2 Å². The van der Waals surface area contributed by atoms with Crippen molar-refractivity contribution in [3.05, 3.63) is 65.2 Å². The predicted molar refractivity (Wildman–Crippen MR) is 179 cm³/mol. The maximum absolute atomic E-state index is 16.1. The van der Waals surface area contributed by atoms with Crippen LogP contribution in [0.3, 0.4) is 0 Å². The smallest absolute Gasteiger partial charge is 0.419 e. The van der Waals surface area contributed by atoms with Gasteiger partial charge in [-0.15, -0.1) is 5.10 Å². The fraction of sp³-hybridized carbons (Fsp3) is 0.429. The number of piperidine rings is 1. The van der Waals surface area contributed by atoms with E-state index in [2.05, 4.69) is 54.7 Å². The summed E-state index contributed by atoms with van der Waals surface area (Å²) >= 11 is 0. The highest BCUT2D eigenvalue weighted by molar-refractivity contribution is 5.93. The molecular formula is C35H38FN9O4. The average molecular weight is 668 g/mol. The van der Waals surface area contributed by atoms with Crippen LogP contribution < -0.4 is 19.3 Å². The number of ether oxygens (including phenoxy) is 2. The second-order valence-corrected chi connectivity index (χ2v) is 13.8. The number of fused-ring (bicyclic) bond motifs is 1. The summed E-state index contributed by atoms with van der Waals surface area (Å²) in [6.07, 6.45) is 2.43. The van der Waals surface area contributed by atoms with Gasteiger partial charge in [-0.2, -0.15) is 20.0 Å². The number of likely N-dealkylation sites (tertiary alicyclic amines) is 1. The normalized spacial score (nSPS) is 17.2. The van der Waals surface area contributed by atoms with Crippen molar-refractivity contribution in [2.75, 3.05) is 24.0 Å². The first-order chi connectivity index (χ1) is 23.3. The number of halogens is 1. The SMILES string of the molecule is COc1ccc(CN(c2nc(N(C(=O)O)c3cc(C#N)c(OC4CC(C)(C)N(C)C(C)(C)C4)cc3F)nn3c(C#N)cnc23)C2CC2)cc1. The molecule has 1 aliphatic heterocycles. The molecule has 1 N–H and O–H groups in total. The van der Waals surface area contributed by atoms with E-state index in [1.54, 1.807) is 7.11 Å². The third-order valence-corrected chi connectivity index (χ3v) is 9.59. The molecule has 2 aliphatic rings. The minimum Gasteiger partial charge on any atom is -0.497 e. The van der Waals surface area contributed by atoms with Crippen LogP contribution >= 0.6 is 0 Å². The standard InChI is InChI=1S/C35H38FN9O4/c1-34(2)15-26(16-35(3,4)42(34)5)49-29-14-27(36)28(13-22(29)17-37)44(33(46)47)32-40-31(30-39-19-24(18-38)45(30)41-32)43(23-9-10-23)20-21-7-11-25(48-6)12-8-21/h7-8,11-14,19,23,26H,9-10,15-16,20H2,1-6H3,(H,46,47). The zero-order chi connectivity index (χ0) is 35.2. The van der Waals surface area contributed by atoms with Gasteiger partial charge in [0.15, 0.2) is 23.0 Å². The summed E-state index contributed by atoms with van der Waals surface area (Å²) < 4.78 is 28.8. The number of benzene rings is 2. The molecule has 2 aromatic heterocycles. The van der Waals surface area contributed by atoms with E-state index in [4.69, 9.17) is 9.47 Å². The number of anilines is 3. The van der Waals surface area contributed by atoms with E-state index in [9.17, 15) is 20.4 Å². The second kappa shape index (κ2) is 12.5. The lowest BCUT2D eigenvalue weighted by Crippen LogP contribution is -2.60. The van der Waals surface area contributed by atoms with E-state index >= 15 is 4.39 Å². The largest absolute Gasteiger partial charge is 0.497 e. The number of rotatable bonds is 9. The molecule has 1 saturated heterocycles. The summed E-state index contributed by atoms with van der Waals surface area (Å²) in [5.41, 5.74) is 0.277. The summed E-state index contributed by atoms with van der Waals surface area (Å²) in [5, 5.41) is 34.8. The molecule has 49 heavy (non-hydrogen) atoms. The molecule has 1 saturated carbocycles. The van der Waals surface area contributed by atoms with Crippen LogP contribution in [0.4, 0.5) is 26.6 Å². The molecule has 2 fully saturated rings. The molecule has 1 aliphatic carbocycles. The lowest BCUT2D eigenvalue weighted by Gasteiger charge is -2.53. The number of hydrogen-bond donors (Lipinski definition) is 1. The van der Waals surface area contributed by atoms with Gasteiger partial charge in [-0.3, -0.25) is 4.90 Å². The summed E-state index contributed by atoms with van der Waals surface area (Å²) in [4.78, 5) is 26.8. The summed E-state index contributed by atoms with van der Waals surface area (Å²) in [7, 11) is 3.65. The molecule has 1 amide bonds. The van der Waals surface area contributed by atoms with Crippen molar-refractivity contribution >= 4 is 29.2 Å². The Hall–Kier alpha value is -5.47. The lowest BCUT2D eigenvalue weighted by molar-refractivity contribution is -0.0557. The van der Waals surface area contributed by atoms with Gasteiger partial charge in [0.1, 0.15) is 29.7 Å². The first-order valence-electron chi connectivity index (χ1n) is 16.0. The molecule has 0 bridgehead atoms. The zero-order valence-electron chi connectivity index (χ0n) is 28.3. The Balaban J connectivity index is 1.41. The van der Waals surface area contributed by atoms with Crippen LogP contribution in [-0.4, -0.2) is 73.1 Å². The predicted octanol–water partition coefficient (Wildman–Crippen LogP) is 6.03. The Labute approximate surface area is 283 Å². The van der Waals surface area contributed by atoms with Crippen LogP contribution in [0.15, 0.2) is 42.6 Å². The highest BCUT2D eigenvalue weighted by Gasteiger charge is 2.44. The second-order valence-electron chi connectivity index (χ2n) is 13.8. The van der Waals surface area contributed by atoms with E-state index in [0.29, 0.717) is 30.0 Å². The Kier molecular flexibility index (Phi) is 8.55. The van der Waals surface area contributed by atoms with Crippen LogP contribution in [0, 0.1) is 28.5 Å². The van der Waals surface area contributed by atoms with Crippen LogP contribution in [0.5, 0.6) is 11.5 Å². The van der Waals surface area contributed by atoms with Gasteiger partial charge in [-0.05, 0) is 71.3 Å². The average Bonchev–Trinajstić information content (AvgIpc) is 3.81. The third-order valence-electron chi connectivity index (χ3n) is 9.59. The van der Waals surface area contributed by atoms with Crippen molar-refractivity contribution in [1.82, 2.24) is 24.5 Å². The van der Waals surface area contributed by atoms with Gasteiger partial charge in [0.05, 0.1) is 24.6 Å². The highest BCUT2D eigenvalue weighted by Crippen LogP contribution is 2.41. The first kappa shape index (κ1) is 33.4. The topological polar surface area (TPSA) is 156 Å². The molecule has 0 atom stereocenters. The number of methoxy groups -OCH3 is 1. The Bertz CT molecular complexity index is 1980. The fourth-order valence-electron chi connectivity index (χ4n) is 6.65. The molecule has 254 valence electrons. The van der Waals surface area contributed by atoms with Gasteiger partial charge < -0.3 is 19.5 Å². The molecule has 6 rings (SSSR count). The van der Waals surface area contributed by atoms with E-state index in [0.717, 1.165) is 30.5 Å². The maximum atomic E-state index is 16.1. The molecule has 0 spiro atoms. The van der Waals surface area contributed by atoms with E-state index in [1.165, 1.54) is 10.7 Å². The Morgan fingerprint density at radius 3 is 2.35 bits per heavy atom. The maximum Gasteiger partial charge on any atom is 0.419 e. The van der Waals surface area contributed by atoms with Crippen LogP contribution in [-0.2, 0) is 6.54 Å². The Morgan fingerprint density at radius 1 is 1.10 bits per heavy atom. The molecular weight excluding hydrogens is 629 g/mol. The molecule has 13 nitrogen and oxygen atoms in total. The molecule has 14 heteroatoms. The molecule has 0 unspecified atom stereocenters. The van der Waals surface area contributed by atoms with Gasteiger partial charge in [0.2, 0.25) is 0 Å². The lowest BCUT2D eigenvalue weighted by atomic mass is 9.78. The Morgan fingerprint density at radius 2 is 1.78 bits per heavy atom. The number of carbonyl (C=O) groups is 1. The van der Waals surface area contributed by atoms with E-state index in [1.807, 2.05) is 41.3 Å². The van der Waals surface area contributed by atoms with Gasteiger partial charge in [-0.25, -0.2) is 19.1 Å². The van der Waals surface area contributed by atoms with Crippen LogP contribution in [0.2, 0.25) is 0 Å². The molecule has 3 heterocycles. The zero-order valence-corrected chi connectivity index (χ0v) is 28.3. The van der Waals surface area contributed by atoms with Crippen molar-refractivity contribution in [3.63, 3.8) is 0 Å². The molecule has 0 radical (unpaired) electrons. The number of hydrogen-bond acceptors (Lipinski definition) is 10. The van der Waals surface area contributed by atoms with Gasteiger partial charge in [0, 0.05) is 42.6 Å².